The van der Waals surface area contributed by atoms with E-state index < -0.39 is 29.7 Å². The van der Waals surface area contributed by atoms with Crippen LogP contribution < -0.4 is 20.1 Å². The van der Waals surface area contributed by atoms with Crippen LogP contribution in [0.2, 0.25) is 0 Å². The first-order chi connectivity index (χ1) is 13.7. The number of nitrogens with one attached hydrogen (secondary N) is 2. The Labute approximate surface area is 164 Å². The molecule has 2 aromatic carbocycles. The quantitative estimate of drug-likeness (QED) is 0.634. The van der Waals surface area contributed by atoms with E-state index >= 15 is 0 Å². The average molecular weight is 412 g/mol. The average Bonchev–Trinajstić information content (AvgIpc) is 2.70. The Balaban J connectivity index is 1.92. The number of amides is 2. The van der Waals surface area contributed by atoms with E-state index in [2.05, 4.69) is 10.6 Å². The maximum absolute atomic E-state index is 12.6. The van der Waals surface area contributed by atoms with Crippen LogP contribution in [0.15, 0.2) is 42.5 Å². The molecule has 2 aromatic rings. The molecule has 0 bridgehead atoms. The molecule has 0 spiro atoms. The number of benzene rings is 2. The number of carbonyl (C=O) groups is 2. The normalized spacial score (nSPS) is 12.1. The van der Waals surface area contributed by atoms with Gasteiger partial charge in [0.25, 0.3) is 0 Å². The number of hydrogen-bond acceptors (Lipinski definition) is 5. The van der Waals surface area contributed by atoms with Gasteiger partial charge in [-0.25, -0.2) is 0 Å². The highest BCUT2D eigenvalue weighted by molar-refractivity contribution is 6.39. The third-order valence-electron chi connectivity index (χ3n) is 3.93. The molecule has 3 N–H and O–H groups in total. The van der Waals surface area contributed by atoms with E-state index in [1.807, 2.05) is 0 Å². The summed E-state index contributed by atoms with van der Waals surface area (Å²) >= 11 is 0. The summed E-state index contributed by atoms with van der Waals surface area (Å²) in [6, 6.07) is 8.35. The maximum atomic E-state index is 12.6. The molecule has 0 aliphatic carbocycles. The fourth-order valence-corrected chi connectivity index (χ4v) is 2.38. The predicted octanol–water partition coefficient (Wildman–Crippen LogP) is 2.51. The topological polar surface area (TPSA) is 96.9 Å². The van der Waals surface area contributed by atoms with Crippen molar-refractivity contribution in [2.24, 2.45) is 0 Å². The number of methoxy groups -OCH3 is 2. The SMILES string of the molecule is COc1ccc(NC(=O)C(=O)NCC(O)c2ccc(C(F)(F)F)cc2)cc1OC. The molecule has 0 aliphatic rings. The molecule has 1 unspecified atom stereocenters. The summed E-state index contributed by atoms with van der Waals surface area (Å²) in [6.45, 7) is -0.358. The second-order valence-corrected chi connectivity index (χ2v) is 5.87. The van der Waals surface area contributed by atoms with E-state index in [-0.39, 0.29) is 17.8 Å². The molecule has 0 heterocycles. The zero-order valence-corrected chi connectivity index (χ0v) is 15.5. The Morgan fingerprint density at radius 1 is 1.00 bits per heavy atom. The van der Waals surface area contributed by atoms with Crippen LogP contribution in [0.5, 0.6) is 11.5 Å². The highest BCUT2D eigenvalue weighted by Crippen LogP contribution is 2.30. The van der Waals surface area contributed by atoms with Gasteiger partial charge in [-0.05, 0) is 29.8 Å². The Bertz CT molecular complexity index is 869. The van der Waals surface area contributed by atoms with E-state index in [1.165, 1.54) is 26.4 Å². The van der Waals surface area contributed by atoms with Crippen LogP contribution in [0, 0.1) is 0 Å². The lowest BCUT2D eigenvalue weighted by Crippen LogP contribution is -2.37. The predicted molar refractivity (Wildman–Crippen MR) is 97.6 cm³/mol. The van der Waals surface area contributed by atoms with Gasteiger partial charge in [-0.3, -0.25) is 9.59 Å². The maximum Gasteiger partial charge on any atom is 0.416 e. The van der Waals surface area contributed by atoms with Crippen molar-refractivity contribution in [3.05, 3.63) is 53.6 Å². The van der Waals surface area contributed by atoms with Crippen LogP contribution in [-0.4, -0.2) is 37.7 Å². The third kappa shape index (κ3) is 5.85. The van der Waals surface area contributed by atoms with Crippen molar-refractivity contribution in [2.75, 3.05) is 26.1 Å². The van der Waals surface area contributed by atoms with Crippen molar-refractivity contribution in [2.45, 2.75) is 12.3 Å². The van der Waals surface area contributed by atoms with Crippen molar-refractivity contribution in [1.82, 2.24) is 5.32 Å². The Morgan fingerprint density at radius 2 is 1.62 bits per heavy atom. The van der Waals surface area contributed by atoms with Gasteiger partial charge in [0.2, 0.25) is 0 Å². The first-order valence-corrected chi connectivity index (χ1v) is 8.32. The van der Waals surface area contributed by atoms with Crippen LogP contribution in [0.3, 0.4) is 0 Å². The van der Waals surface area contributed by atoms with E-state index in [9.17, 15) is 27.9 Å². The summed E-state index contributed by atoms with van der Waals surface area (Å²) in [6.07, 6.45) is -5.77. The lowest BCUT2D eigenvalue weighted by Gasteiger charge is -2.14. The number of halogens is 3. The summed E-state index contributed by atoms with van der Waals surface area (Å²) in [4.78, 5) is 23.9. The lowest BCUT2D eigenvalue weighted by molar-refractivity contribution is -0.137. The summed E-state index contributed by atoms with van der Waals surface area (Å²) in [5, 5.41) is 14.6. The van der Waals surface area contributed by atoms with Gasteiger partial charge >= 0.3 is 18.0 Å². The number of aliphatic hydroxyl groups is 1. The Kier molecular flexibility index (Phi) is 7.05. The molecule has 10 heteroatoms. The number of hydrogen-bond donors (Lipinski definition) is 3. The van der Waals surface area contributed by atoms with Gasteiger partial charge in [-0.15, -0.1) is 0 Å². The molecule has 2 rings (SSSR count). The zero-order valence-electron chi connectivity index (χ0n) is 15.5. The number of rotatable bonds is 6. The molecule has 1 atom stereocenters. The second kappa shape index (κ2) is 9.28. The number of aliphatic hydroxyl groups excluding tert-OH is 1. The summed E-state index contributed by atoms with van der Waals surface area (Å²) < 4.78 is 47.8. The summed E-state index contributed by atoms with van der Waals surface area (Å²) in [5.41, 5.74) is -0.406. The minimum Gasteiger partial charge on any atom is -0.493 e. The molecule has 29 heavy (non-hydrogen) atoms. The smallest absolute Gasteiger partial charge is 0.416 e. The van der Waals surface area contributed by atoms with Crippen molar-refractivity contribution in [1.29, 1.82) is 0 Å². The number of carbonyl (C=O) groups excluding carboxylic acids is 2. The van der Waals surface area contributed by atoms with Gasteiger partial charge in [-0.1, -0.05) is 12.1 Å². The Morgan fingerprint density at radius 3 is 2.17 bits per heavy atom. The van der Waals surface area contributed by atoms with Gasteiger partial charge < -0.3 is 25.2 Å². The highest BCUT2D eigenvalue weighted by Gasteiger charge is 2.30. The van der Waals surface area contributed by atoms with Crippen molar-refractivity contribution < 1.29 is 37.3 Å². The van der Waals surface area contributed by atoms with Crippen molar-refractivity contribution >= 4 is 17.5 Å². The van der Waals surface area contributed by atoms with E-state index in [0.29, 0.717) is 11.5 Å². The van der Waals surface area contributed by atoms with Crippen LogP contribution in [0.25, 0.3) is 0 Å². The number of ether oxygens (including phenoxy) is 2. The zero-order chi connectivity index (χ0) is 21.6. The molecule has 2 amide bonds. The van der Waals surface area contributed by atoms with E-state index in [0.717, 1.165) is 24.3 Å². The monoisotopic (exact) mass is 412 g/mol. The fraction of sp³-hybridized carbons (Fsp3) is 0.263. The van der Waals surface area contributed by atoms with Crippen LogP contribution in [0.4, 0.5) is 18.9 Å². The Hall–Kier alpha value is -3.27. The van der Waals surface area contributed by atoms with Gasteiger partial charge in [0, 0.05) is 18.3 Å². The molecule has 0 saturated carbocycles. The molecule has 0 saturated heterocycles. The second-order valence-electron chi connectivity index (χ2n) is 5.87. The van der Waals surface area contributed by atoms with Gasteiger partial charge in [-0.2, -0.15) is 13.2 Å². The van der Waals surface area contributed by atoms with Crippen molar-refractivity contribution in [3.63, 3.8) is 0 Å². The summed E-state index contributed by atoms with van der Waals surface area (Å²) in [7, 11) is 2.87. The minimum atomic E-state index is -4.49. The fourth-order valence-electron chi connectivity index (χ4n) is 2.38. The minimum absolute atomic E-state index is 0.165. The molecular formula is C19H19F3N2O5. The van der Waals surface area contributed by atoms with Crippen molar-refractivity contribution in [3.8, 4) is 11.5 Å². The van der Waals surface area contributed by atoms with Crippen LogP contribution >= 0.6 is 0 Å². The first-order valence-electron chi connectivity index (χ1n) is 8.32. The van der Waals surface area contributed by atoms with E-state index in [1.54, 1.807) is 6.07 Å². The summed E-state index contributed by atoms with van der Waals surface area (Å²) in [5.74, 6) is -1.22. The van der Waals surface area contributed by atoms with Gasteiger partial charge in [0.1, 0.15) is 0 Å². The van der Waals surface area contributed by atoms with Crippen LogP contribution in [-0.2, 0) is 15.8 Å². The first kappa shape index (κ1) is 22.0. The highest BCUT2D eigenvalue weighted by atomic mass is 19.4. The number of alkyl halides is 3. The standard InChI is InChI=1S/C19H19F3N2O5/c1-28-15-8-7-13(9-16(15)29-2)24-18(27)17(26)23-10-14(25)11-3-5-12(6-4-11)19(20,21)22/h3-9,14,25H,10H2,1-2H3,(H,23,26)(H,24,27). The largest absolute Gasteiger partial charge is 0.493 e. The molecule has 0 aromatic heterocycles. The van der Waals surface area contributed by atoms with Gasteiger partial charge in [0.05, 0.1) is 25.9 Å². The molecule has 156 valence electrons. The van der Waals surface area contributed by atoms with Crippen LogP contribution in [0.1, 0.15) is 17.2 Å². The molecule has 7 nitrogen and oxygen atoms in total. The van der Waals surface area contributed by atoms with E-state index in [4.69, 9.17) is 9.47 Å². The molecule has 0 fully saturated rings. The third-order valence-corrected chi connectivity index (χ3v) is 3.93. The molecule has 0 aliphatic heterocycles. The lowest BCUT2D eigenvalue weighted by atomic mass is 10.1. The van der Waals surface area contributed by atoms with Gasteiger partial charge in [0.15, 0.2) is 11.5 Å². The number of anilines is 1. The molecular weight excluding hydrogens is 393 g/mol. The molecule has 0 radical (unpaired) electrons.